The number of para-hydroxylation sites is 2. The van der Waals surface area contributed by atoms with Crippen molar-refractivity contribution in [3.8, 4) is 61.3 Å². The molecule has 2 heteroatoms. The van der Waals surface area contributed by atoms with Crippen molar-refractivity contribution in [1.29, 1.82) is 0 Å². The summed E-state index contributed by atoms with van der Waals surface area (Å²) in [4.78, 5) is 2.35. The van der Waals surface area contributed by atoms with E-state index in [4.69, 9.17) is 0 Å². The highest BCUT2D eigenvalue weighted by Gasteiger charge is 2.35. The molecule has 0 fully saturated rings. The van der Waals surface area contributed by atoms with Crippen LogP contribution in [0.15, 0.2) is 243 Å². The van der Waals surface area contributed by atoms with Crippen LogP contribution in [0.5, 0.6) is 0 Å². The Balaban J connectivity index is 0.880. The molecule has 2 nitrogen and oxygen atoms in total. The summed E-state index contributed by atoms with van der Waals surface area (Å²) in [5.41, 5.74) is 22.0. The third-order valence-corrected chi connectivity index (χ3v) is 13.6. The van der Waals surface area contributed by atoms with Gasteiger partial charge in [0.2, 0.25) is 0 Å². The zero-order valence-electron chi connectivity index (χ0n) is 36.5. The van der Waals surface area contributed by atoms with Crippen molar-refractivity contribution in [2.75, 3.05) is 4.90 Å². The molecule has 0 bridgehead atoms. The van der Waals surface area contributed by atoms with Crippen LogP contribution in [0.2, 0.25) is 0 Å². The van der Waals surface area contributed by atoms with Crippen LogP contribution in [-0.2, 0) is 5.41 Å². The Morgan fingerprint density at radius 2 is 0.800 bits per heavy atom. The molecule has 1 aliphatic rings. The van der Waals surface area contributed by atoms with Gasteiger partial charge in [0.05, 0.1) is 11.0 Å². The van der Waals surface area contributed by atoms with Gasteiger partial charge in [-0.3, -0.25) is 0 Å². The third-order valence-electron chi connectivity index (χ3n) is 13.6. The Kier molecular flexibility index (Phi) is 9.21. The summed E-state index contributed by atoms with van der Waals surface area (Å²) in [5, 5.41) is 2.48. The highest BCUT2D eigenvalue weighted by Crippen LogP contribution is 2.49. The number of nitrogens with zero attached hydrogens (tertiary/aromatic N) is 2. The Bertz CT molecular complexity index is 3540. The zero-order valence-corrected chi connectivity index (χ0v) is 36.5. The highest BCUT2D eigenvalue weighted by molar-refractivity contribution is 6.10. The molecule has 10 aromatic carbocycles. The lowest BCUT2D eigenvalue weighted by molar-refractivity contribution is 0.660. The van der Waals surface area contributed by atoms with Gasteiger partial charge in [0.25, 0.3) is 0 Å². The van der Waals surface area contributed by atoms with Crippen molar-refractivity contribution in [1.82, 2.24) is 4.57 Å². The van der Waals surface area contributed by atoms with Gasteiger partial charge < -0.3 is 9.47 Å². The summed E-state index contributed by atoms with van der Waals surface area (Å²) in [6.07, 6.45) is 0. The van der Waals surface area contributed by atoms with Crippen molar-refractivity contribution in [3.63, 3.8) is 0 Å². The molecule has 0 saturated carbocycles. The minimum absolute atomic E-state index is 0.000932. The van der Waals surface area contributed by atoms with Crippen LogP contribution in [0.4, 0.5) is 17.1 Å². The van der Waals surface area contributed by atoms with Crippen LogP contribution in [0.1, 0.15) is 25.0 Å². The van der Waals surface area contributed by atoms with E-state index in [0.29, 0.717) is 0 Å². The first kappa shape index (κ1) is 38.5. The van der Waals surface area contributed by atoms with Gasteiger partial charge >= 0.3 is 0 Å². The molecule has 11 aromatic rings. The second kappa shape index (κ2) is 15.6. The molecule has 1 aliphatic carbocycles. The summed E-state index contributed by atoms with van der Waals surface area (Å²) in [7, 11) is 0. The Morgan fingerprint density at radius 3 is 1.57 bits per heavy atom. The van der Waals surface area contributed by atoms with Crippen molar-refractivity contribution >= 4 is 38.9 Å². The molecular weight excluding hydrogens is 785 g/mol. The molecule has 0 spiro atoms. The molecule has 1 heterocycles. The largest absolute Gasteiger partial charge is 0.310 e. The maximum atomic E-state index is 2.41. The molecule has 0 amide bonds. The Hall–Kier alpha value is -8.20. The fourth-order valence-corrected chi connectivity index (χ4v) is 10.3. The highest BCUT2D eigenvalue weighted by atomic mass is 15.1. The number of aromatic nitrogens is 1. The van der Waals surface area contributed by atoms with Crippen molar-refractivity contribution < 1.29 is 0 Å². The Labute approximate surface area is 381 Å². The van der Waals surface area contributed by atoms with Gasteiger partial charge in [0.15, 0.2) is 0 Å². The lowest BCUT2D eigenvalue weighted by Crippen LogP contribution is -2.14. The third kappa shape index (κ3) is 6.65. The number of benzene rings is 10. The van der Waals surface area contributed by atoms with Crippen LogP contribution in [0, 0.1) is 0 Å². The lowest BCUT2D eigenvalue weighted by atomic mass is 9.82. The van der Waals surface area contributed by atoms with E-state index in [9.17, 15) is 0 Å². The van der Waals surface area contributed by atoms with E-state index >= 15 is 0 Å². The average molecular weight is 831 g/mol. The lowest BCUT2D eigenvalue weighted by Gasteiger charge is -2.26. The standard InChI is InChI=1S/C63H46N2/c1-63(2)59-25-11-9-23-55(59)57-41-49(31-37-60(57)63)45-29-35-53(36-30-45)65-61-26-12-10-24-56(61)58-42-50(32-38-62(58)65)48-19-14-22-54(40-48)64(51-20-7-4-8-21-51)52-33-27-44(28-34-52)47-18-13-17-46(39-47)43-15-5-3-6-16-43/h3-42H,1-2H3. The number of rotatable bonds is 8. The van der Waals surface area contributed by atoms with Crippen LogP contribution >= 0.6 is 0 Å². The van der Waals surface area contributed by atoms with Gasteiger partial charge in [0, 0.05) is 38.9 Å². The second-order valence-corrected chi connectivity index (χ2v) is 17.8. The van der Waals surface area contributed by atoms with E-state index in [1.54, 1.807) is 0 Å². The zero-order chi connectivity index (χ0) is 43.5. The summed E-state index contributed by atoms with van der Waals surface area (Å²) in [6.45, 7) is 4.68. The first-order valence-electron chi connectivity index (χ1n) is 22.6. The molecular formula is C63H46N2. The van der Waals surface area contributed by atoms with Crippen LogP contribution in [0.25, 0.3) is 83.1 Å². The average Bonchev–Trinajstić information content (AvgIpc) is 3.82. The minimum Gasteiger partial charge on any atom is -0.310 e. The molecule has 65 heavy (non-hydrogen) atoms. The van der Waals surface area contributed by atoms with Crippen LogP contribution in [0.3, 0.4) is 0 Å². The minimum atomic E-state index is 0.000932. The number of fused-ring (bicyclic) bond motifs is 6. The topological polar surface area (TPSA) is 8.17 Å². The summed E-state index contributed by atoms with van der Waals surface area (Å²) >= 11 is 0. The normalized spacial score (nSPS) is 12.6. The number of hydrogen-bond acceptors (Lipinski definition) is 1. The van der Waals surface area contributed by atoms with Gasteiger partial charge in [-0.1, -0.05) is 178 Å². The molecule has 0 atom stereocenters. The molecule has 0 unspecified atom stereocenters. The number of anilines is 3. The van der Waals surface area contributed by atoms with E-state index in [0.717, 1.165) is 22.7 Å². The number of hydrogen-bond donors (Lipinski definition) is 0. The van der Waals surface area contributed by atoms with Crippen molar-refractivity contribution in [3.05, 3.63) is 254 Å². The first-order valence-corrected chi connectivity index (χ1v) is 22.6. The molecule has 0 aliphatic heterocycles. The van der Waals surface area contributed by atoms with E-state index in [1.807, 2.05) is 0 Å². The molecule has 1 aromatic heterocycles. The second-order valence-electron chi connectivity index (χ2n) is 17.8. The van der Waals surface area contributed by atoms with Gasteiger partial charge in [-0.2, -0.15) is 0 Å². The summed E-state index contributed by atoms with van der Waals surface area (Å²) in [6, 6.07) is 88.7. The fraction of sp³-hybridized carbons (Fsp3) is 0.0476. The van der Waals surface area contributed by atoms with Gasteiger partial charge in [-0.15, -0.1) is 0 Å². The predicted octanol–water partition coefficient (Wildman–Crippen LogP) is 17.2. The van der Waals surface area contributed by atoms with E-state index < -0.39 is 0 Å². The maximum Gasteiger partial charge on any atom is 0.0541 e. The quantitative estimate of drug-likeness (QED) is 0.148. The van der Waals surface area contributed by atoms with E-state index in [2.05, 4.69) is 266 Å². The maximum absolute atomic E-state index is 2.41. The summed E-state index contributed by atoms with van der Waals surface area (Å²) < 4.78 is 2.41. The van der Waals surface area contributed by atoms with Gasteiger partial charge in [-0.25, -0.2) is 0 Å². The van der Waals surface area contributed by atoms with E-state index in [1.165, 1.54) is 88.6 Å². The SMILES string of the molecule is CC1(C)c2ccccc2-c2cc(-c3ccc(-n4c5ccccc5c5cc(-c6cccc(N(c7ccccc7)c7ccc(-c8cccc(-c9ccccc9)c8)cc7)c6)ccc54)cc3)ccc21. The smallest absolute Gasteiger partial charge is 0.0541 e. The van der Waals surface area contributed by atoms with Crippen molar-refractivity contribution in [2.24, 2.45) is 0 Å². The summed E-state index contributed by atoms with van der Waals surface area (Å²) in [5.74, 6) is 0. The van der Waals surface area contributed by atoms with E-state index in [-0.39, 0.29) is 5.41 Å². The van der Waals surface area contributed by atoms with Gasteiger partial charge in [0.1, 0.15) is 0 Å². The molecule has 308 valence electrons. The fourth-order valence-electron chi connectivity index (χ4n) is 10.3. The van der Waals surface area contributed by atoms with Crippen LogP contribution < -0.4 is 4.90 Å². The molecule has 0 radical (unpaired) electrons. The Morgan fingerprint density at radius 1 is 0.308 bits per heavy atom. The predicted molar refractivity (Wildman–Crippen MR) is 275 cm³/mol. The van der Waals surface area contributed by atoms with Crippen molar-refractivity contribution in [2.45, 2.75) is 19.3 Å². The first-order chi connectivity index (χ1) is 32.0. The molecule has 12 rings (SSSR count). The van der Waals surface area contributed by atoms with Gasteiger partial charge in [-0.05, 0) is 146 Å². The molecule has 0 N–H and O–H groups in total. The van der Waals surface area contributed by atoms with Crippen LogP contribution in [-0.4, -0.2) is 4.57 Å². The monoisotopic (exact) mass is 830 g/mol. The molecule has 0 saturated heterocycles.